The number of rotatable bonds is 6. The van der Waals surface area contributed by atoms with Crippen LogP contribution in [0.2, 0.25) is 0 Å². The third kappa shape index (κ3) is 4.02. The summed E-state index contributed by atoms with van der Waals surface area (Å²) < 4.78 is 5.30. The van der Waals surface area contributed by atoms with Crippen LogP contribution < -0.4 is 4.90 Å². The van der Waals surface area contributed by atoms with E-state index in [2.05, 4.69) is 4.90 Å². The zero-order chi connectivity index (χ0) is 20.1. The van der Waals surface area contributed by atoms with E-state index in [0.717, 1.165) is 18.8 Å². The van der Waals surface area contributed by atoms with Crippen LogP contribution in [0.3, 0.4) is 0 Å². The van der Waals surface area contributed by atoms with E-state index in [1.807, 2.05) is 19.9 Å². The van der Waals surface area contributed by atoms with E-state index >= 15 is 0 Å². The van der Waals surface area contributed by atoms with Crippen LogP contribution in [0.5, 0.6) is 5.75 Å². The zero-order valence-corrected chi connectivity index (χ0v) is 16.4. The number of phenols is 1. The SMILES string of the molecule is CCN(CC)c1ccc(C(=O)c2ccccc2C(=O)N2CCOCC2)c(O)c1. The number of ether oxygens (including phenoxy) is 1. The Labute approximate surface area is 165 Å². The van der Waals surface area contributed by atoms with Crippen molar-refractivity contribution in [2.75, 3.05) is 44.3 Å². The number of morpholine rings is 1. The number of anilines is 1. The molecule has 0 spiro atoms. The highest BCUT2D eigenvalue weighted by Gasteiger charge is 2.25. The Balaban J connectivity index is 1.92. The molecule has 0 aromatic heterocycles. The number of hydrogen-bond acceptors (Lipinski definition) is 5. The summed E-state index contributed by atoms with van der Waals surface area (Å²) >= 11 is 0. The van der Waals surface area contributed by atoms with Crippen LogP contribution in [0.1, 0.15) is 40.1 Å². The fraction of sp³-hybridized carbons (Fsp3) is 0.364. The molecule has 0 bridgehead atoms. The van der Waals surface area contributed by atoms with Crippen LogP contribution in [0.4, 0.5) is 5.69 Å². The number of aromatic hydroxyl groups is 1. The smallest absolute Gasteiger partial charge is 0.254 e. The summed E-state index contributed by atoms with van der Waals surface area (Å²) in [7, 11) is 0. The number of hydrogen-bond donors (Lipinski definition) is 1. The fourth-order valence-electron chi connectivity index (χ4n) is 3.45. The highest BCUT2D eigenvalue weighted by Crippen LogP contribution is 2.28. The number of nitrogens with zero attached hydrogens (tertiary/aromatic N) is 2. The average Bonchev–Trinajstić information content (AvgIpc) is 2.74. The minimum atomic E-state index is -0.360. The predicted octanol–water partition coefficient (Wildman–Crippen LogP) is 2.94. The highest BCUT2D eigenvalue weighted by atomic mass is 16.5. The second-order valence-electron chi connectivity index (χ2n) is 6.65. The van der Waals surface area contributed by atoms with Crippen molar-refractivity contribution in [1.29, 1.82) is 0 Å². The van der Waals surface area contributed by atoms with Gasteiger partial charge in [0.05, 0.1) is 24.3 Å². The molecule has 6 nitrogen and oxygen atoms in total. The van der Waals surface area contributed by atoms with Gasteiger partial charge in [-0.1, -0.05) is 18.2 Å². The largest absolute Gasteiger partial charge is 0.507 e. The lowest BCUT2D eigenvalue weighted by Crippen LogP contribution is -2.41. The first-order valence-corrected chi connectivity index (χ1v) is 9.65. The van der Waals surface area contributed by atoms with E-state index in [0.29, 0.717) is 37.4 Å². The second kappa shape index (κ2) is 8.89. The van der Waals surface area contributed by atoms with Crippen LogP contribution in [0, 0.1) is 0 Å². The molecule has 1 N–H and O–H groups in total. The predicted molar refractivity (Wildman–Crippen MR) is 108 cm³/mol. The maximum Gasteiger partial charge on any atom is 0.254 e. The van der Waals surface area contributed by atoms with Crippen molar-refractivity contribution in [3.63, 3.8) is 0 Å². The number of phenolic OH excluding ortho intramolecular Hbond substituents is 1. The van der Waals surface area contributed by atoms with Gasteiger partial charge >= 0.3 is 0 Å². The molecular formula is C22H26N2O4. The first-order valence-electron chi connectivity index (χ1n) is 9.65. The number of benzene rings is 2. The lowest BCUT2D eigenvalue weighted by atomic mass is 9.96. The van der Waals surface area contributed by atoms with Crippen molar-refractivity contribution in [1.82, 2.24) is 4.90 Å². The van der Waals surface area contributed by atoms with E-state index in [1.54, 1.807) is 41.3 Å². The van der Waals surface area contributed by atoms with Gasteiger partial charge in [-0.05, 0) is 32.0 Å². The van der Waals surface area contributed by atoms with Crippen molar-refractivity contribution in [3.8, 4) is 5.75 Å². The molecule has 2 aromatic rings. The van der Waals surface area contributed by atoms with Crippen molar-refractivity contribution in [3.05, 3.63) is 59.2 Å². The van der Waals surface area contributed by atoms with Gasteiger partial charge in [-0.3, -0.25) is 9.59 Å². The Morgan fingerprint density at radius 2 is 1.64 bits per heavy atom. The molecule has 2 aromatic carbocycles. The fourth-order valence-corrected chi connectivity index (χ4v) is 3.45. The molecular weight excluding hydrogens is 356 g/mol. The maximum absolute atomic E-state index is 13.1. The third-order valence-corrected chi connectivity index (χ3v) is 5.05. The van der Waals surface area contributed by atoms with Gasteiger partial charge in [0.1, 0.15) is 5.75 Å². The van der Waals surface area contributed by atoms with Crippen LogP contribution in [-0.4, -0.2) is 61.1 Å². The molecule has 3 rings (SSSR count). The average molecular weight is 382 g/mol. The van der Waals surface area contributed by atoms with Crippen LogP contribution in [-0.2, 0) is 4.74 Å². The number of carbonyl (C=O) groups is 2. The van der Waals surface area contributed by atoms with E-state index in [1.165, 1.54) is 0 Å². The normalized spacial score (nSPS) is 14.0. The van der Waals surface area contributed by atoms with Gasteiger partial charge in [-0.25, -0.2) is 0 Å². The lowest BCUT2D eigenvalue weighted by molar-refractivity contribution is 0.0302. The summed E-state index contributed by atoms with van der Waals surface area (Å²) in [5.74, 6) is -0.629. The lowest BCUT2D eigenvalue weighted by Gasteiger charge is -2.27. The quantitative estimate of drug-likeness (QED) is 0.778. The van der Waals surface area contributed by atoms with Crippen molar-refractivity contribution in [2.45, 2.75) is 13.8 Å². The molecule has 1 heterocycles. The molecule has 1 saturated heterocycles. The molecule has 0 aliphatic carbocycles. The van der Waals surface area contributed by atoms with Crippen LogP contribution in [0.25, 0.3) is 0 Å². The summed E-state index contributed by atoms with van der Waals surface area (Å²) in [6.07, 6.45) is 0. The molecule has 1 aliphatic heterocycles. The number of amides is 1. The van der Waals surface area contributed by atoms with Gasteiger partial charge in [0, 0.05) is 43.5 Å². The Morgan fingerprint density at radius 3 is 2.25 bits per heavy atom. The highest BCUT2D eigenvalue weighted by molar-refractivity contribution is 6.16. The van der Waals surface area contributed by atoms with Crippen LogP contribution >= 0.6 is 0 Å². The summed E-state index contributed by atoms with van der Waals surface area (Å²) in [4.78, 5) is 29.8. The summed E-state index contributed by atoms with van der Waals surface area (Å²) in [5, 5.41) is 10.5. The molecule has 0 unspecified atom stereocenters. The standard InChI is InChI=1S/C22H26N2O4/c1-3-23(4-2)16-9-10-19(20(25)15-16)21(26)17-7-5-6-8-18(17)22(27)24-11-13-28-14-12-24/h5-10,15,25H,3-4,11-14H2,1-2H3. The van der Waals surface area contributed by atoms with Gasteiger partial charge in [-0.2, -0.15) is 0 Å². The first-order chi connectivity index (χ1) is 13.6. The number of ketones is 1. The van der Waals surface area contributed by atoms with Crippen molar-refractivity contribution >= 4 is 17.4 Å². The topological polar surface area (TPSA) is 70.1 Å². The van der Waals surface area contributed by atoms with Crippen molar-refractivity contribution in [2.24, 2.45) is 0 Å². The summed E-state index contributed by atoms with van der Waals surface area (Å²) in [6.45, 7) is 7.68. The maximum atomic E-state index is 13.1. The van der Waals surface area contributed by atoms with Gasteiger partial charge in [0.25, 0.3) is 5.91 Å². The molecule has 28 heavy (non-hydrogen) atoms. The number of carbonyl (C=O) groups excluding carboxylic acids is 2. The van der Waals surface area contributed by atoms with Gasteiger partial charge in [-0.15, -0.1) is 0 Å². The minimum absolute atomic E-state index is 0.0805. The minimum Gasteiger partial charge on any atom is -0.507 e. The van der Waals surface area contributed by atoms with Crippen LogP contribution in [0.15, 0.2) is 42.5 Å². The van der Waals surface area contributed by atoms with Gasteiger partial charge in [0.15, 0.2) is 5.78 Å². The molecule has 1 fully saturated rings. The second-order valence-corrected chi connectivity index (χ2v) is 6.65. The molecule has 1 amide bonds. The van der Waals surface area contributed by atoms with Gasteiger partial charge < -0.3 is 19.6 Å². The van der Waals surface area contributed by atoms with E-state index in [9.17, 15) is 14.7 Å². The molecule has 1 aliphatic rings. The Morgan fingerprint density at radius 1 is 1.00 bits per heavy atom. The third-order valence-electron chi connectivity index (χ3n) is 5.05. The van der Waals surface area contributed by atoms with Gasteiger partial charge in [0.2, 0.25) is 0 Å². The van der Waals surface area contributed by atoms with E-state index in [-0.39, 0.29) is 23.0 Å². The van der Waals surface area contributed by atoms with E-state index < -0.39 is 0 Å². The monoisotopic (exact) mass is 382 g/mol. The first kappa shape index (κ1) is 19.9. The summed E-state index contributed by atoms with van der Waals surface area (Å²) in [6, 6.07) is 11.8. The van der Waals surface area contributed by atoms with Crippen molar-refractivity contribution < 1.29 is 19.4 Å². The molecule has 0 atom stereocenters. The molecule has 0 saturated carbocycles. The Kier molecular flexibility index (Phi) is 6.31. The Hall–Kier alpha value is -2.86. The molecule has 0 radical (unpaired) electrons. The van der Waals surface area contributed by atoms with E-state index in [4.69, 9.17) is 4.74 Å². The molecule has 148 valence electrons. The Bertz CT molecular complexity index is 855. The summed E-state index contributed by atoms with van der Waals surface area (Å²) in [5.41, 5.74) is 1.70. The zero-order valence-electron chi connectivity index (χ0n) is 16.4. The molecule has 6 heteroatoms.